The van der Waals surface area contributed by atoms with Gasteiger partial charge in [0.1, 0.15) is 0 Å². The molecule has 1 heterocycles. The van der Waals surface area contributed by atoms with E-state index in [-0.39, 0.29) is 11.8 Å². The Morgan fingerprint density at radius 3 is 2.59 bits per heavy atom. The number of nitrogens with one attached hydrogen (secondary N) is 1. The summed E-state index contributed by atoms with van der Waals surface area (Å²) in [6.45, 7) is 2.51. The van der Waals surface area contributed by atoms with E-state index in [9.17, 15) is 9.59 Å². The molecule has 1 fully saturated rings. The Kier molecular flexibility index (Phi) is 6.48. The number of esters is 1. The van der Waals surface area contributed by atoms with Crippen molar-refractivity contribution in [1.29, 1.82) is 0 Å². The van der Waals surface area contributed by atoms with Crippen molar-refractivity contribution in [2.45, 2.75) is 19.4 Å². The van der Waals surface area contributed by atoms with Crippen LogP contribution in [0.3, 0.4) is 0 Å². The quantitative estimate of drug-likeness (QED) is 0.790. The zero-order chi connectivity index (χ0) is 19.2. The molecule has 0 unspecified atom stereocenters. The summed E-state index contributed by atoms with van der Waals surface area (Å²) in [5.41, 5.74) is 2.15. The fraction of sp³-hybridized carbons (Fsp3) is 0.333. The molecule has 1 amide bonds. The molecular weight excluding hydrogens is 364 g/mol. The van der Waals surface area contributed by atoms with Gasteiger partial charge in [-0.2, -0.15) is 0 Å². The SMILES string of the molecule is COC(=O)c1cccc(NC(=O)C2CCN(Cc3ccccc3Cl)CC2)c1. The first-order chi connectivity index (χ1) is 13.1. The minimum atomic E-state index is -0.418. The molecule has 1 N–H and O–H groups in total. The second-order valence-electron chi connectivity index (χ2n) is 6.70. The Hall–Kier alpha value is -2.37. The number of ether oxygens (including phenoxy) is 1. The standard InChI is InChI=1S/C21H23ClN2O3/c1-27-21(26)16-6-4-7-18(13-16)23-20(25)15-9-11-24(12-10-15)14-17-5-2-3-8-19(17)22/h2-8,13,15H,9-12,14H2,1H3,(H,23,25). The van der Waals surface area contributed by atoms with Crippen LogP contribution >= 0.6 is 11.6 Å². The zero-order valence-electron chi connectivity index (χ0n) is 15.3. The number of hydrogen-bond acceptors (Lipinski definition) is 4. The van der Waals surface area contributed by atoms with Crippen molar-refractivity contribution in [3.05, 3.63) is 64.7 Å². The van der Waals surface area contributed by atoms with E-state index in [1.54, 1.807) is 24.3 Å². The molecule has 0 bridgehead atoms. The van der Waals surface area contributed by atoms with Gasteiger partial charge in [0.2, 0.25) is 5.91 Å². The summed E-state index contributed by atoms with van der Waals surface area (Å²) in [5, 5.41) is 3.70. The fourth-order valence-corrected chi connectivity index (χ4v) is 3.50. The van der Waals surface area contributed by atoms with Crippen LogP contribution in [-0.4, -0.2) is 37.0 Å². The third kappa shape index (κ3) is 5.08. The van der Waals surface area contributed by atoms with Crippen LogP contribution in [0.1, 0.15) is 28.8 Å². The van der Waals surface area contributed by atoms with Crippen LogP contribution in [0.5, 0.6) is 0 Å². The van der Waals surface area contributed by atoms with Crippen molar-refractivity contribution in [3.63, 3.8) is 0 Å². The van der Waals surface area contributed by atoms with E-state index < -0.39 is 5.97 Å². The van der Waals surface area contributed by atoms with Gasteiger partial charge in [-0.25, -0.2) is 4.79 Å². The number of rotatable bonds is 5. The highest BCUT2D eigenvalue weighted by Gasteiger charge is 2.25. The Morgan fingerprint density at radius 2 is 1.89 bits per heavy atom. The molecular formula is C21H23ClN2O3. The second kappa shape index (κ2) is 9.02. The summed E-state index contributed by atoms with van der Waals surface area (Å²) in [5.74, 6) is -0.456. The summed E-state index contributed by atoms with van der Waals surface area (Å²) < 4.78 is 4.72. The first-order valence-corrected chi connectivity index (χ1v) is 9.39. The smallest absolute Gasteiger partial charge is 0.337 e. The van der Waals surface area contributed by atoms with Gasteiger partial charge in [-0.3, -0.25) is 9.69 Å². The van der Waals surface area contributed by atoms with E-state index in [4.69, 9.17) is 16.3 Å². The highest BCUT2D eigenvalue weighted by molar-refractivity contribution is 6.31. The third-order valence-electron chi connectivity index (χ3n) is 4.86. The number of benzene rings is 2. The van der Waals surface area contributed by atoms with Gasteiger partial charge >= 0.3 is 5.97 Å². The van der Waals surface area contributed by atoms with Crippen LogP contribution in [-0.2, 0) is 16.1 Å². The van der Waals surface area contributed by atoms with E-state index in [1.807, 2.05) is 24.3 Å². The van der Waals surface area contributed by atoms with Crippen molar-refractivity contribution in [3.8, 4) is 0 Å². The molecule has 2 aromatic rings. The fourth-order valence-electron chi connectivity index (χ4n) is 3.31. The summed E-state index contributed by atoms with van der Waals surface area (Å²) in [6, 6.07) is 14.7. The lowest BCUT2D eigenvalue weighted by Crippen LogP contribution is -2.37. The maximum absolute atomic E-state index is 12.6. The lowest BCUT2D eigenvalue weighted by atomic mass is 9.95. The number of carbonyl (C=O) groups excluding carboxylic acids is 2. The van der Waals surface area contributed by atoms with Gasteiger partial charge in [-0.05, 0) is 55.8 Å². The maximum atomic E-state index is 12.6. The van der Waals surface area contributed by atoms with E-state index in [2.05, 4.69) is 10.2 Å². The van der Waals surface area contributed by atoms with Crippen molar-refractivity contribution >= 4 is 29.2 Å². The highest BCUT2D eigenvalue weighted by atomic mass is 35.5. The molecule has 0 atom stereocenters. The van der Waals surface area contributed by atoms with Gasteiger partial charge in [0.15, 0.2) is 0 Å². The predicted octanol–water partition coefficient (Wildman–Crippen LogP) is 3.98. The van der Waals surface area contributed by atoms with Crippen LogP contribution in [0, 0.1) is 5.92 Å². The molecule has 3 rings (SSSR count). The molecule has 1 saturated heterocycles. The number of hydrogen-bond donors (Lipinski definition) is 1. The van der Waals surface area contributed by atoms with E-state index in [0.29, 0.717) is 11.3 Å². The van der Waals surface area contributed by atoms with Gasteiger partial charge in [0.25, 0.3) is 0 Å². The summed E-state index contributed by atoms with van der Waals surface area (Å²) >= 11 is 6.23. The van der Waals surface area contributed by atoms with Gasteiger partial charge < -0.3 is 10.1 Å². The number of carbonyl (C=O) groups is 2. The molecule has 2 aromatic carbocycles. The van der Waals surface area contributed by atoms with E-state index in [1.165, 1.54) is 7.11 Å². The van der Waals surface area contributed by atoms with Gasteiger partial charge in [0, 0.05) is 23.2 Å². The van der Waals surface area contributed by atoms with Crippen LogP contribution in [0.25, 0.3) is 0 Å². The largest absolute Gasteiger partial charge is 0.465 e. The maximum Gasteiger partial charge on any atom is 0.337 e. The molecule has 0 radical (unpaired) electrons. The second-order valence-corrected chi connectivity index (χ2v) is 7.11. The number of piperidine rings is 1. The Labute approximate surface area is 164 Å². The number of methoxy groups -OCH3 is 1. The molecule has 0 aliphatic carbocycles. The molecule has 27 heavy (non-hydrogen) atoms. The number of likely N-dealkylation sites (tertiary alicyclic amines) is 1. The number of amides is 1. The lowest BCUT2D eigenvalue weighted by Gasteiger charge is -2.31. The average molecular weight is 387 g/mol. The van der Waals surface area contributed by atoms with Crippen molar-refractivity contribution in [1.82, 2.24) is 4.90 Å². The van der Waals surface area contributed by atoms with Crippen LogP contribution < -0.4 is 5.32 Å². The summed E-state index contributed by atoms with van der Waals surface area (Å²) in [7, 11) is 1.34. The molecule has 1 aliphatic heterocycles. The summed E-state index contributed by atoms with van der Waals surface area (Å²) in [6.07, 6.45) is 1.60. The molecule has 0 spiro atoms. The Bertz CT molecular complexity index is 817. The lowest BCUT2D eigenvalue weighted by molar-refractivity contribution is -0.121. The van der Waals surface area contributed by atoms with Crippen LogP contribution in [0.15, 0.2) is 48.5 Å². The molecule has 1 aliphatic rings. The minimum absolute atomic E-state index is 0.00518. The zero-order valence-corrected chi connectivity index (χ0v) is 16.0. The normalized spacial score (nSPS) is 15.3. The first-order valence-electron chi connectivity index (χ1n) is 9.02. The minimum Gasteiger partial charge on any atom is -0.465 e. The number of anilines is 1. The van der Waals surface area contributed by atoms with E-state index >= 15 is 0 Å². The topological polar surface area (TPSA) is 58.6 Å². The number of nitrogens with zero attached hydrogens (tertiary/aromatic N) is 1. The van der Waals surface area contributed by atoms with E-state index in [0.717, 1.165) is 43.1 Å². The van der Waals surface area contributed by atoms with Crippen LogP contribution in [0.2, 0.25) is 5.02 Å². The predicted molar refractivity (Wildman–Crippen MR) is 106 cm³/mol. The van der Waals surface area contributed by atoms with Crippen LogP contribution in [0.4, 0.5) is 5.69 Å². The van der Waals surface area contributed by atoms with Crippen molar-refractivity contribution in [2.24, 2.45) is 5.92 Å². The average Bonchev–Trinajstić information content (AvgIpc) is 2.70. The van der Waals surface area contributed by atoms with Crippen molar-refractivity contribution in [2.75, 3.05) is 25.5 Å². The van der Waals surface area contributed by atoms with Gasteiger partial charge in [-0.15, -0.1) is 0 Å². The summed E-state index contributed by atoms with van der Waals surface area (Å²) in [4.78, 5) is 26.5. The monoisotopic (exact) mass is 386 g/mol. The number of halogens is 1. The van der Waals surface area contributed by atoms with Crippen molar-refractivity contribution < 1.29 is 14.3 Å². The third-order valence-corrected chi connectivity index (χ3v) is 5.23. The highest BCUT2D eigenvalue weighted by Crippen LogP contribution is 2.23. The Morgan fingerprint density at radius 1 is 1.15 bits per heavy atom. The molecule has 0 saturated carbocycles. The molecule has 5 nitrogen and oxygen atoms in total. The molecule has 0 aromatic heterocycles. The Balaban J connectivity index is 1.53. The molecule has 142 valence electrons. The van der Waals surface area contributed by atoms with Gasteiger partial charge in [-0.1, -0.05) is 35.9 Å². The first kappa shape index (κ1) is 19.4. The van der Waals surface area contributed by atoms with Gasteiger partial charge in [0.05, 0.1) is 12.7 Å². The molecule has 6 heteroatoms.